The second-order valence-electron chi connectivity index (χ2n) is 10.6. The zero-order valence-corrected chi connectivity index (χ0v) is 31.6. The Morgan fingerprint density at radius 1 is 0.521 bits per heavy atom. The van der Waals surface area contributed by atoms with Crippen LogP contribution >= 0.6 is 0 Å². The SMILES string of the molecule is C.C.C.C.C.C.CCN(CC)C(C)=O.CCOC(CC)CC.CCOCC(C)CC.CCOCC(CC)CC.CCOCCC(C)CC. The van der Waals surface area contributed by atoms with Crippen molar-refractivity contribution in [2.75, 3.05) is 59.3 Å². The molecule has 1 amide bonds. The van der Waals surface area contributed by atoms with E-state index in [1.54, 1.807) is 11.8 Å². The first kappa shape index (κ1) is 77.0. The predicted molar refractivity (Wildman–Crippen MR) is 227 cm³/mol. The highest BCUT2D eigenvalue weighted by Gasteiger charge is 2.01. The number of nitrogens with zero attached hydrogens (tertiary/aromatic N) is 1. The summed E-state index contributed by atoms with van der Waals surface area (Å²) in [6, 6.07) is 0. The molecule has 0 N–H and O–H groups in total. The number of carbonyl (C=O) groups excluding carboxylic acids is 1. The fourth-order valence-corrected chi connectivity index (χ4v) is 3.31. The molecular formula is C42H105NO5. The maximum atomic E-state index is 10.5. The largest absolute Gasteiger partial charge is 0.382 e. The predicted octanol–water partition coefficient (Wildman–Crippen LogP) is 13.9. The number of rotatable bonds is 20. The highest BCUT2D eigenvalue weighted by atomic mass is 16.5. The van der Waals surface area contributed by atoms with Crippen molar-refractivity contribution in [2.45, 2.75) is 199 Å². The molecule has 0 aliphatic heterocycles. The van der Waals surface area contributed by atoms with E-state index < -0.39 is 0 Å². The van der Waals surface area contributed by atoms with Gasteiger partial charge in [-0.15, -0.1) is 0 Å². The van der Waals surface area contributed by atoms with Crippen LogP contribution in [-0.4, -0.2) is 76.2 Å². The van der Waals surface area contributed by atoms with Crippen LogP contribution < -0.4 is 0 Å². The Kier molecular flexibility index (Phi) is 110. The van der Waals surface area contributed by atoms with Gasteiger partial charge in [-0.25, -0.2) is 0 Å². The van der Waals surface area contributed by atoms with Gasteiger partial charge in [0.1, 0.15) is 0 Å². The maximum Gasteiger partial charge on any atom is 0.219 e. The van der Waals surface area contributed by atoms with Gasteiger partial charge in [-0.05, 0) is 78.6 Å². The van der Waals surface area contributed by atoms with Gasteiger partial charge in [-0.3, -0.25) is 4.79 Å². The van der Waals surface area contributed by atoms with Crippen molar-refractivity contribution < 1.29 is 23.7 Å². The number of carbonyl (C=O) groups is 1. The molecule has 0 aromatic heterocycles. The lowest BCUT2D eigenvalue weighted by atomic mass is 10.1. The smallest absolute Gasteiger partial charge is 0.219 e. The van der Waals surface area contributed by atoms with Crippen LogP contribution in [0, 0.1) is 17.8 Å². The van der Waals surface area contributed by atoms with Gasteiger partial charge >= 0.3 is 0 Å². The van der Waals surface area contributed by atoms with E-state index in [0.29, 0.717) is 6.10 Å². The second-order valence-corrected chi connectivity index (χ2v) is 10.6. The molecule has 0 bridgehead atoms. The highest BCUT2D eigenvalue weighted by Crippen LogP contribution is 2.07. The Morgan fingerprint density at radius 3 is 1.15 bits per heavy atom. The van der Waals surface area contributed by atoms with Crippen molar-refractivity contribution in [3.05, 3.63) is 0 Å². The Morgan fingerprint density at radius 2 is 0.917 bits per heavy atom. The van der Waals surface area contributed by atoms with Crippen LogP contribution in [0.3, 0.4) is 0 Å². The molecule has 0 fully saturated rings. The topological polar surface area (TPSA) is 57.2 Å². The molecule has 2 atom stereocenters. The summed E-state index contributed by atoms with van der Waals surface area (Å²) in [6.45, 7) is 39.2. The molecule has 0 aliphatic rings. The van der Waals surface area contributed by atoms with Crippen molar-refractivity contribution in [1.29, 1.82) is 0 Å². The summed E-state index contributed by atoms with van der Waals surface area (Å²) in [7, 11) is 0. The zero-order valence-electron chi connectivity index (χ0n) is 31.6. The van der Waals surface area contributed by atoms with Crippen molar-refractivity contribution in [1.82, 2.24) is 4.90 Å². The molecule has 0 radical (unpaired) electrons. The molecule has 48 heavy (non-hydrogen) atoms. The van der Waals surface area contributed by atoms with Crippen LogP contribution in [0.5, 0.6) is 0 Å². The van der Waals surface area contributed by atoms with Crippen molar-refractivity contribution >= 4 is 5.91 Å². The summed E-state index contributed by atoms with van der Waals surface area (Å²) in [5, 5.41) is 0. The summed E-state index contributed by atoms with van der Waals surface area (Å²) in [6.07, 6.45) is 8.99. The minimum Gasteiger partial charge on any atom is -0.382 e. The van der Waals surface area contributed by atoms with Crippen LogP contribution in [0.1, 0.15) is 193 Å². The summed E-state index contributed by atoms with van der Waals surface area (Å²) < 4.78 is 21.0. The van der Waals surface area contributed by atoms with Crippen LogP contribution in [0.25, 0.3) is 0 Å². The highest BCUT2D eigenvalue weighted by molar-refractivity contribution is 5.73. The molecule has 0 aromatic carbocycles. The average Bonchev–Trinajstić information content (AvgIpc) is 3.00. The number of amides is 1. The second kappa shape index (κ2) is 68.3. The van der Waals surface area contributed by atoms with Crippen LogP contribution in [-0.2, 0) is 23.7 Å². The quantitative estimate of drug-likeness (QED) is 0.118. The lowest BCUT2D eigenvalue weighted by Gasteiger charge is -2.14. The van der Waals surface area contributed by atoms with Gasteiger partial charge in [-0.2, -0.15) is 0 Å². The standard InChI is InChI=1S/2C8H18O.2C7H16O.C6H13NO.6CH4/c1-4-8(3)6-7-9-5-2;1-4-8(5-2)7-9-6-3;1-4-7(3)6-8-5-2;1-4-7(5-2)8-6-3;1-4-7(5-2)6(3)8;;;;;;/h2*8H,4-7H2,1-3H3;2*7H,4-6H2,1-3H3;4-5H2,1-3H3;6*1H4. The van der Waals surface area contributed by atoms with Crippen LogP contribution in [0.2, 0.25) is 0 Å². The molecule has 308 valence electrons. The van der Waals surface area contributed by atoms with Gasteiger partial charge in [0, 0.05) is 66.3 Å². The van der Waals surface area contributed by atoms with Crippen LogP contribution in [0.15, 0.2) is 0 Å². The number of hydrogen-bond donors (Lipinski definition) is 0. The van der Waals surface area contributed by atoms with E-state index in [-0.39, 0.29) is 50.5 Å². The Hall–Kier alpha value is -0.690. The summed E-state index contributed by atoms with van der Waals surface area (Å²) in [5.74, 6) is 2.51. The van der Waals surface area contributed by atoms with Crippen molar-refractivity contribution in [3.8, 4) is 0 Å². The maximum absolute atomic E-state index is 10.5. The fraction of sp³-hybridized carbons (Fsp3) is 0.976. The van der Waals surface area contributed by atoms with Crippen molar-refractivity contribution in [2.24, 2.45) is 17.8 Å². The molecule has 0 saturated carbocycles. The first-order valence-electron chi connectivity index (χ1n) is 17.6. The van der Waals surface area contributed by atoms with E-state index in [0.717, 1.165) is 89.9 Å². The minimum atomic E-state index is 0. The van der Waals surface area contributed by atoms with E-state index in [4.69, 9.17) is 18.9 Å². The first-order chi connectivity index (χ1) is 20.0. The third kappa shape index (κ3) is 71.4. The van der Waals surface area contributed by atoms with Gasteiger partial charge in [0.25, 0.3) is 0 Å². The molecule has 0 aromatic rings. The van der Waals surface area contributed by atoms with E-state index in [9.17, 15) is 4.79 Å². The molecule has 0 saturated heterocycles. The van der Waals surface area contributed by atoms with Gasteiger partial charge < -0.3 is 23.8 Å². The fourth-order valence-electron chi connectivity index (χ4n) is 3.31. The molecule has 0 rings (SSSR count). The van der Waals surface area contributed by atoms with Crippen molar-refractivity contribution in [3.63, 3.8) is 0 Å². The summed E-state index contributed by atoms with van der Waals surface area (Å²) >= 11 is 0. The third-order valence-corrected chi connectivity index (χ3v) is 7.19. The minimum absolute atomic E-state index is 0. The molecule has 2 unspecified atom stereocenters. The number of hydrogen-bond acceptors (Lipinski definition) is 5. The lowest BCUT2D eigenvalue weighted by molar-refractivity contribution is -0.128. The first-order valence-corrected chi connectivity index (χ1v) is 17.6. The molecule has 6 heteroatoms. The number of ether oxygens (including phenoxy) is 4. The molecular weight excluding hydrogens is 598 g/mol. The summed E-state index contributed by atoms with van der Waals surface area (Å²) in [4.78, 5) is 12.3. The van der Waals surface area contributed by atoms with Gasteiger partial charge in [0.15, 0.2) is 0 Å². The lowest BCUT2D eigenvalue weighted by Crippen LogP contribution is -2.27. The molecule has 6 nitrogen and oxygen atoms in total. The Labute approximate surface area is 310 Å². The third-order valence-electron chi connectivity index (χ3n) is 7.19. The van der Waals surface area contributed by atoms with E-state index in [1.807, 2.05) is 41.5 Å². The normalized spacial score (nSPS) is 10.1. The van der Waals surface area contributed by atoms with Crippen LogP contribution in [0.4, 0.5) is 0 Å². The molecule has 0 spiro atoms. The average molecular weight is 704 g/mol. The van der Waals surface area contributed by atoms with Gasteiger partial charge in [0.2, 0.25) is 5.91 Å². The molecule has 0 aliphatic carbocycles. The van der Waals surface area contributed by atoms with Gasteiger partial charge in [-0.1, -0.05) is 126 Å². The Balaban J connectivity index is -0.0000000384. The monoisotopic (exact) mass is 704 g/mol. The van der Waals surface area contributed by atoms with E-state index in [2.05, 4.69) is 55.4 Å². The van der Waals surface area contributed by atoms with E-state index in [1.165, 1.54) is 32.1 Å². The zero-order chi connectivity index (χ0) is 33.6. The Bertz CT molecular complexity index is 453. The summed E-state index contributed by atoms with van der Waals surface area (Å²) in [5.41, 5.74) is 0. The molecule has 0 heterocycles. The van der Waals surface area contributed by atoms with E-state index >= 15 is 0 Å². The van der Waals surface area contributed by atoms with Gasteiger partial charge in [0.05, 0.1) is 6.10 Å².